The van der Waals surface area contributed by atoms with E-state index in [2.05, 4.69) is 64.0 Å². The molecule has 0 heterocycles. The van der Waals surface area contributed by atoms with Gasteiger partial charge in [0, 0.05) is 10.1 Å². The third-order valence-electron chi connectivity index (χ3n) is 1.66. The van der Waals surface area contributed by atoms with E-state index in [0.717, 1.165) is 13.1 Å². The molecule has 68 valence electrons. The SMILES string of the molecule is CC#CCNCc1ccccc1I. The summed E-state index contributed by atoms with van der Waals surface area (Å²) in [6.07, 6.45) is 0. The van der Waals surface area contributed by atoms with Crippen LogP contribution in [0, 0.1) is 15.4 Å². The number of nitrogens with one attached hydrogen (secondary N) is 1. The van der Waals surface area contributed by atoms with Crippen molar-refractivity contribution in [2.24, 2.45) is 0 Å². The van der Waals surface area contributed by atoms with Crippen molar-refractivity contribution in [3.63, 3.8) is 0 Å². The Morgan fingerprint density at radius 1 is 1.38 bits per heavy atom. The van der Waals surface area contributed by atoms with Gasteiger partial charge in [-0.25, -0.2) is 0 Å². The van der Waals surface area contributed by atoms with Crippen LogP contribution in [-0.2, 0) is 6.54 Å². The molecule has 0 aliphatic heterocycles. The molecular weight excluding hydrogens is 273 g/mol. The van der Waals surface area contributed by atoms with Crippen LogP contribution >= 0.6 is 22.6 Å². The lowest BCUT2D eigenvalue weighted by atomic mass is 10.2. The molecule has 0 aromatic heterocycles. The molecule has 1 aromatic rings. The molecule has 13 heavy (non-hydrogen) atoms. The number of hydrogen-bond donors (Lipinski definition) is 1. The Hall–Kier alpha value is -0.530. The van der Waals surface area contributed by atoms with Crippen LogP contribution < -0.4 is 5.32 Å². The Bertz CT molecular complexity index is 322. The molecule has 1 N–H and O–H groups in total. The van der Waals surface area contributed by atoms with Crippen molar-refractivity contribution in [1.29, 1.82) is 0 Å². The Balaban J connectivity index is 2.44. The first kappa shape index (κ1) is 10.6. The van der Waals surface area contributed by atoms with Crippen molar-refractivity contribution in [1.82, 2.24) is 5.32 Å². The van der Waals surface area contributed by atoms with Crippen molar-refractivity contribution in [3.05, 3.63) is 33.4 Å². The van der Waals surface area contributed by atoms with E-state index in [-0.39, 0.29) is 0 Å². The minimum absolute atomic E-state index is 0.765. The summed E-state index contributed by atoms with van der Waals surface area (Å²) in [7, 11) is 0. The third kappa shape index (κ3) is 3.79. The molecule has 1 rings (SSSR count). The van der Waals surface area contributed by atoms with Crippen molar-refractivity contribution in [3.8, 4) is 11.8 Å². The molecule has 0 saturated heterocycles. The lowest BCUT2D eigenvalue weighted by Crippen LogP contribution is -2.13. The van der Waals surface area contributed by atoms with Crippen molar-refractivity contribution in [2.75, 3.05) is 6.54 Å². The fourth-order valence-corrected chi connectivity index (χ4v) is 1.57. The highest BCUT2D eigenvalue weighted by Crippen LogP contribution is 2.10. The summed E-state index contributed by atoms with van der Waals surface area (Å²) in [5, 5.41) is 3.27. The normalized spacial score (nSPS) is 9.08. The van der Waals surface area contributed by atoms with E-state index in [9.17, 15) is 0 Å². The van der Waals surface area contributed by atoms with Crippen LogP contribution in [0.15, 0.2) is 24.3 Å². The van der Waals surface area contributed by atoms with E-state index in [1.807, 2.05) is 6.92 Å². The summed E-state index contributed by atoms with van der Waals surface area (Å²) in [6.45, 7) is 3.52. The summed E-state index contributed by atoms with van der Waals surface area (Å²) < 4.78 is 1.30. The Labute approximate surface area is 93.1 Å². The Kier molecular flexibility index (Phi) is 4.87. The van der Waals surface area contributed by atoms with E-state index < -0.39 is 0 Å². The summed E-state index contributed by atoms with van der Waals surface area (Å²) in [6, 6.07) is 8.36. The van der Waals surface area contributed by atoms with Crippen molar-refractivity contribution < 1.29 is 0 Å². The lowest BCUT2D eigenvalue weighted by Gasteiger charge is -2.03. The van der Waals surface area contributed by atoms with Crippen LogP contribution in [0.4, 0.5) is 0 Å². The average molecular weight is 285 g/mol. The molecule has 0 unspecified atom stereocenters. The van der Waals surface area contributed by atoms with Crippen LogP contribution in [0.5, 0.6) is 0 Å². The fraction of sp³-hybridized carbons (Fsp3) is 0.273. The van der Waals surface area contributed by atoms with E-state index in [1.54, 1.807) is 0 Å². The van der Waals surface area contributed by atoms with Crippen molar-refractivity contribution >= 4 is 22.6 Å². The Morgan fingerprint density at radius 3 is 2.85 bits per heavy atom. The van der Waals surface area contributed by atoms with Gasteiger partial charge in [0.25, 0.3) is 0 Å². The molecule has 1 nitrogen and oxygen atoms in total. The summed E-state index contributed by atoms with van der Waals surface area (Å²) in [5.74, 6) is 5.83. The first-order chi connectivity index (χ1) is 6.34. The highest BCUT2D eigenvalue weighted by Gasteiger charge is 1.95. The van der Waals surface area contributed by atoms with E-state index in [0.29, 0.717) is 0 Å². The summed E-state index contributed by atoms with van der Waals surface area (Å²) >= 11 is 2.35. The van der Waals surface area contributed by atoms with Gasteiger partial charge in [-0.2, -0.15) is 0 Å². The first-order valence-electron chi connectivity index (χ1n) is 4.18. The Morgan fingerprint density at radius 2 is 2.15 bits per heavy atom. The predicted molar refractivity (Wildman–Crippen MR) is 64.3 cm³/mol. The third-order valence-corrected chi connectivity index (χ3v) is 2.72. The zero-order valence-corrected chi connectivity index (χ0v) is 9.76. The maximum Gasteiger partial charge on any atom is 0.0579 e. The smallest absolute Gasteiger partial charge is 0.0579 e. The largest absolute Gasteiger partial charge is 0.302 e. The first-order valence-corrected chi connectivity index (χ1v) is 5.26. The molecule has 2 heteroatoms. The second kappa shape index (κ2) is 6.01. The molecule has 1 aromatic carbocycles. The maximum absolute atomic E-state index is 3.27. The molecule has 0 bridgehead atoms. The highest BCUT2D eigenvalue weighted by atomic mass is 127. The van der Waals surface area contributed by atoms with Gasteiger partial charge in [0.05, 0.1) is 6.54 Å². The number of hydrogen-bond acceptors (Lipinski definition) is 1. The van der Waals surface area contributed by atoms with Crippen LogP contribution in [-0.4, -0.2) is 6.54 Å². The fourth-order valence-electron chi connectivity index (χ4n) is 0.990. The predicted octanol–water partition coefficient (Wildman–Crippen LogP) is 2.40. The van der Waals surface area contributed by atoms with E-state index >= 15 is 0 Å². The summed E-state index contributed by atoms with van der Waals surface area (Å²) in [5.41, 5.74) is 1.33. The van der Waals surface area contributed by atoms with Gasteiger partial charge < -0.3 is 5.32 Å². The van der Waals surface area contributed by atoms with Gasteiger partial charge in [-0.1, -0.05) is 24.1 Å². The molecule has 0 radical (unpaired) electrons. The molecule has 0 aliphatic rings. The molecule has 0 aliphatic carbocycles. The standard InChI is InChI=1S/C11H12IN/c1-2-3-8-13-9-10-6-4-5-7-11(10)12/h4-7,13H,8-9H2,1H3. The quantitative estimate of drug-likeness (QED) is 0.511. The van der Waals surface area contributed by atoms with Gasteiger partial charge in [-0.3, -0.25) is 0 Å². The molecular formula is C11H12IN. The van der Waals surface area contributed by atoms with Crippen LogP contribution in [0.3, 0.4) is 0 Å². The van der Waals surface area contributed by atoms with Crippen LogP contribution in [0.2, 0.25) is 0 Å². The second-order valence-corrected chi connectivity index (χ2v) is 3.78. The van der Waals surface area contributed by atoms with Gasteiger partial charge in [0.1, 0.15) is 0 Å². The van der Waals surface area contributed by atoms with Gasteiger partial charge in [-0.15, -0.1) is 5.92 Å². The number of benzene rings is 1. The topological polar surface area (TPSA) is 12.0 Å². The molecule has 0 fully saturated rings. The van der Waals surface area contributed by atoms with E-state index in [4.69, 9.17) is 0 Å². The molecule has 0 spiro atoms. The molecule has 0 amide bonds. The lowest BCUT2D eigenvalue weighted by molar-refractivity contribution is 0.767. The summed E-state index contributed by atoms with van der Waals surface area (Å²) in [4.78, 5) is 0. The molecule has 0 saturated carbocycles. The maximum atomic E-state index is 3.27. The molecule has 0 atom stereocenters. The van der Waals surface area contributed by atoms with Gasteiger partial charge in [-0.05, 0) is 41.1 Å². The minimum atomic E-state index is 0.765. The monoisotopic (exact) mass is 285 g/mol. The van der Waals surface area contributed by atoms with Gasteiger partial charge >= 0.3 is 0 Å². The zero-order chi connectivity index (χ0) is 9.52. The minimum Gasteiger partial charge on any atom is -0.302 e. The van der Waals surface area contributed by atoms with Gasteiger partial charge in [0.15, 0.2) is 0 Å². The van der Waals surface area contributed by atoms with Gasteiger partial charge in [0.2, 0.25) is 0 Å². The number of halogens is 1. The van der Waals surface area contributed by atoms with Crippen LogP contribution in [0.25, 0.3) is 0 Å². The average Bonchev–Trinajstić information content (AvgIpc) is 2.15. The zero-order valence-electron chi connectivity index (χ0n) is 7.60. The van der Waals surface area contributed by atoms with E-state index in [1.165, 1.54) is 9.13 Å². The van der Waals surface area contributed by atoms with Crippen molar-refractivity contribution in [2.45, 2.75) is 13.5 Å². The van der Waals surface area contributed by atoms with Crippen LogP contribution in [0.1, 0.15) is 12.5 Å². The highest BCUT2D eigenvalue weighted by molar-refractivity contribution is 14.1. The second-order valence-electron chi connectivity index (χ2n) is 2.62. The number of rotatable bonds is 3.